The molecule has 2 aromatic heterocycles. The minimum Gasteiger partial charge on any atom is -0.497 e. The Morgan fingerprint density at radius 1 is 1.17 bits per heavy atom. The quantitative estimate of drug-likeness (QED) is 0.520. The van der Waals surface area contributed by atoms with E-state index in [0.717, 1.165) is 33.5 Å². The van der Waals surface area contributed by atoms with Gasteiger partial charge in [-0.2, -0.15) is 5.10 Å². The van der Waals surface area contributed by atoms with Crippen molar-refractivity contribution in [3.63, 3.8) is 0 Å². The molecule has 2 aromatic carbocycles. The highest BCUT2D eigenvalue weighted by Gasteiger charge is 2.18. The summed E-state index contributed by atoms with van der Waals surface area (Å²) >= 11 is 0. The molecule has 148 valence electrons. The Morgan fingerprint density at radius 2 is 1.97 bits per heavy atom. The zero-order valence-electron chi connectivity index (χ0n) is 17.1. The zero-order chi connectivity index (χ0) is 20.5. The summed E-state index contributed by atoms with van der Waals surface area (Å²) in [5.74, 6) is 0.741. The van der Waals surface area contributed by atoms with Gasteiger partial charge < -0.3 is 14.2 Å². The lowest BCUT2D eigenvalue weighted by molar-refractivity contribution is 0.0776. The fourth-order valence-electron chi connectivity index (χ4n) is 3.59. The number of carbonyl (C=O) groups excluding carboxylic acids is 1. The Balaban J connectivity index is 1.55. The van der Waals surface area contributed by atoms with E-state index in [2.05, 4.69) is 18.1 Å². The summed E-state index contributed by atoms with van der Waals surface area (Å²) in [6.45, 7) is 2.54. The second kappa shape index (κ2) is 7.47. The summed E-state index contributed by atoms with van der Waals surface area (Å²) in [5.41, 5.74) is 4.80. The molecule has 0 aliphatic heterocycles. The predicted octanol–water partition coefficient (Wildman–Crippen LogP) is 3.95. The van der Waals surface area contributed by atoms with Gasteiger partial charge in [-0.15, -0.1) is 0 Å². The fraction of sp³-hybridized carbons (Fsp3) is 0.217. The minimum atomic E-state index is -0.0358. The monoisotopic (exact) mass is 388 g/mol. The number of hydrogen-bond acceptors (Lipinski definition) is 3. The van der Waals surface area contributed by atoms with Gasteiger partial charge in [0.25, 0.3) is 5.91 Å². The molecule has 0 unspecified atom stereocenters. The van der Waals surface area contributed by atoms with Crippen molar-refractivity contribution in [2.24, 2.45) is 7.05 Å². The summed E-state index contributed by atoms with van der Waals surface area (Å²) in [5, 5.41) is 5.45. The predicted molar refractivity (Wildman–Crippen MR) is 114 cm³/mol. The fourth-order valence-corrected chi connectivity index (χ4v) is 3.59. The molecule has 4 aromatic rings. The molecule has 0 aliphatic rings. The standard InChI is InChI=1S/C23H24N4O2/c1-16-7-5-6-8-20(16)27-15-17(13-24-27)14-25(2)23(28)22-12-18-11-19(29-4)9-10-21(18)26(22)3/h5-13,15H,14H2,1-4H3. The van der Waals surface area contributed by atoms with E-state index in [4.69, 9.17) is 4.74 Å². The second-order valence-corrected chi connectivity index (χ2v) is 7.25. The van der Waals surface area contributed by atoms with Gasteiger partial charge in [-0.25, -0.2) is 4.68 Å². The van der Waals surface area contributed by atoms with E-state index < -0.39 is 0 Å². The number of nitrogens with zero attached hydrogens (tertiary/aromatic N) is 4. The van der Waals surface area contributed by atoms with Crippen LogP contribution < -0.4 is 4.74 Å². The highest BCUT2D eigenvalue weighted by Crippen LogP contribution is 2.24. The van der Waals surface area contributed by atoms with E-state index in [1.807, 2.05) is 78.2 Å². The number of fused-ring (bicyclic) bond motifs is 1. The molecule has 1 amide bonds. The van der Waals surface area contributed by atoms with Gasteiger partial charge in [0.2, 0.25) is 0 Å². The van der Waals surface area contributed by atoms with Crippen LogP contribution in [0.2, 0.25) is 0 Å². The first-order chi connectivity index (χ1) is 14.0. The van der Waals surface area contributed by atoms with Crippen LogP contribution in [0, 0.1) is 6.92 Å². The van der Waals surface area contributed by atoms with Crippen molar-refractivity contribution < 1.29 is 9.53 Å². The molecular formula is C23H24N4O2. The van der Waals surface area contributed by atoms with Gasteiger partial charge in [-0.05, 0) is 42.8 Å². The van der Waals surface area contributed by atoms with Crippen molar-refractivity contribution in [2.45, 2.75) is 13.5 Å². The minimum absolute atomic E-state index is 0.0358. The Morgan fingerprint density at radius 3 is 2.72 bits per heavy atom. The number of ether oxygens (including phenoxy) is 1. The molecule has 6 nitrogen and oxygen atoms in total. The molecule has 0 spiro atoms. The number of benzene rings is 2. The van der Waals surface area contributed by atoms with Crippen LogP contribution in [-0.4, -0.2) is 39.3 Å². The van der Waals surface area contributed by atoms with E-state index in [9.17, 15) is 4.79 Å². The smallest absolute Gasteiger partial charge is 0.270 e. The van der Waals surface area contributed by atoms with Crippen molar-refractivity contribution >= 4 is 16.8 Å². The Bertz CT molecular complexity index is 1190. The molecule has 0 fully saturated rings. The number of para-hydroxylation sites is 1. The molecule has 0 radical (unpaired) electrons. The highest BCUT2D eigenvalue weighted by molar-refractivity contribution is 5.98. The maximum atomic E-state index is 13.1. The third kappa shape index (κ3) is 3.49. The number of hydrogen-bond donors (Lipinski definition) is 0. The SMILES string of the molecule is COc1ccc2c(c1)cc(C(=O)N(C)Cc1cnn(-c3ccccc3C)c1)n2C. The molecule has 0 atom stereocenters. The van der Waals surface area contributed by atoms with Gasteiger partial charge in [-0.3, -0.25) is 4.79 Å². The summed E-state index contributed by atoms with van der Waals surface area (Å²) < 4.78 is 9.07. The number of rotatable bonds is 5. The van der Waals surface area contributed by atoms with Gasteiger partial charge in [0.15, 0.2) is 0 Å². The van der Waals surface area contributed by atoms with Crippen LogP contribution in [0.4, 0.5) is 0 Å². The number of amides is 1. The Labute approximate surface area is 169 Å². The van der Waals surface area contributed by atoms with Gasteiger partial charge in [0.05, 0.1) is 19.0 Å². The number of aromatic nitrogens is 3. The number of carbonyl (C=O) groups is 1. The third-order valence-electron chi connectivity index (χ3n) is 5.23. The van der Waals surface area contributed by atoms with E-state index in [1.165, 1.54) is 0 Å². The molecule has 0 saturated heterocycles. The summed E-state index contributed by atoms with van der Waals surface area (Å²) in [6.07, 6.45) is 3.78. The zero-order valence-corrected chi connectivity index (χ0v) is 17.1. The molecule has 0 aliphatic carbocycles. The molecule has 0 bridgehead atoms. The van der Waals surface area contributed by atoms with Crippen LogP contribution in [0.5, 0.6) is 5.75 Å². The van der Waals surface area contributed by atoms with Gasteiger partial charge >= 0.3 is 0 Å². The van der Waals surface area contributed by atoms with E-state index in [-0.39, 0.29) is 5.91 Å². The maximum absolute atomic E-state index is 13.1. The first kappa shape index (κ1) is 18.8. The second-order valence-electron chi connectivity index (χ2n) is 7.25. The normalized spacial score (nSPS) is 11.0. The van der Waals surface area contributed by atoms with Crippen LogP contribution >= 0.6 is 0 Å². The summed E-state index contributed by atoms with van der Waals surface area (Å²) in [7, 11) is 5.36. The molecule has 0 N–H and O–H groups in total. The van der Waals surface area contributed by atoms with Crippen molar-refractivity contribution in [1.82, 2.24) is 19.2 Å². The van der Waals surface area contributed by atoms with Crippen LogP contribution in [0.25, 0.3) is 16.6 Å². The van der Waals surface area contributed by atoms with Gasteiger partial charge in [0.1, 0.15) is 11.4 Å². The summed E-state index contributed by atoms with van der Waals surface area (Å²) in [4.78, 5) is 14.8. The molecular weight excluding hydrogens is 364 g/mol. The van der Waals surface area contributed by atoms with E-state index in [0.29, 0.717) is 12.2 Å². The lowest BCUT2D eigenvalue weighted by Crippen LogP contribution is -2.27. The van der Waals surface area contributed by atoms with Gasteiger partial charge in [-0.1, -0.05) is 18.2 Å². The van der Waals surface area contributed by atoms with Crippen molar-refractivity contribution in [2.75, 3.05) is 14.2 Å². The maximum Gasteiger partial charge on any atom is 0.270 e. The first-order valence-electron chi connectivity index (χ1n) is 9.46. The lowest BCUT2D eigenvalue weighted by atomic mass is 10.2. The van der Waals surface area contributed by atoms with Crippen LogP contribution in [0.1, 0.15) is 21.6 Å². The molecule has 2 heterocycles. The first-order valence-corrected chi connectivity index (χ1v) is 9.46. The third-order valence-corrected chi connectivity index (χ3v) is 5.23. The highest BCUT2D eigenvalue weighted by atomic mass is 16.5. The van der Waals surface area contributed by atoms with E-state index >= 15 is 0 Å². The number of methoxy groups -OCH3 is 1. The van der Waals surface area contributed by atoms with Crippen molar-refractivity contribution in [3.8, 4) is 11.4 Å². The average Bonchev–Trinajstić information content (AvgIpc) is 3.32. The van der Waals surface area contributed by atoms with Crippen LogP contribution in [0.3, 0.4) is 0 Å². The van der Waals surface area contributed by atoms with Crippen LogP contribution in [-0.2, 0) is 13.6 Å². The molecule has 6 heteroatoms. The van der Waals surface area contributed by atoms with Crippen molar-refractivity contribution in [1.29, 1.82) is 0 Å². The van der Waals surface area contributed by atoms with Gasteiger partial charge in [0, 0.05) is 43.3 Å². The number of aryl methyl sites for hydroxylation is 2. The average molecular weight is 388 g/mol. The van der Waals surface area contributed by atoms with E-state index in [1.54, 1.807) is 12.0 Å². The Hall–Kier alpha value is -3.54. The van der Waals surface area contributed by atoms with Crippen LogP contribution in [0.15, 0.2) is 60.9 Å². The largest absolute Gasteiger partial charge is 0.497 e. The molecule has 0 saturated carbocycles. The lowest BCUT2D eigenvalue weighted by Gasteiger charge is -2.16. The Kier molecular flexibility index (Phi) is 4.84. The molecule has 4 rings (SSSR count). The summed E-state index contributed by atoms with van der Waals surface area (Å²) in [6, 6.07) is 15.8. The molecule has 29 heavy (non-hydrogen) atoms. The topological polar surface area (TPSA) is 52.3 Å². The van der Waals surface area contributed by atoms with Crippen molar-refractivity contribution in [3.05, 3.63) is 77.7 Å².